The van der Waals surface area contributed by atoms with Crippen molar-refractivity contribution in [3.63, 3.8) is 0 Å². The van der Waals surface area contributed by atoms with E-state index in [4.69, 9.17) is 0 Å². The van der Waals surface area contributed by atoms with Crippen molar-refractivity contribution in [1.29, 1.82) is 0 Å². The van der Waals surface area contributed by atoms with E-state index >= 15 is 0 Å². The number of hydrogen-bond acceptors (Lipinski definition) is 7. The number of aromatic nitrogens is 1. The van der Waals surface area contributed by atoms with Crippen LogP contribution in [0.15, 0.2) is 20.3 Å². The zero-order valence-corrected chi connectivity index (χ0v) is 16.1. The van der Waals surface area contributed by atoms with Gasteiger partial charge in [0, 0.05) is 16.2 Å². The Morgan fingerprint density at radius 2 is 2.31 bits per heavy atom. The molecular formula is C17H21N3O4S2. The van der Waals surface area contributed by atoms with Gasteiger partial charge in [-0.2, -0.15) is 0 Å². The van der Waals surface area contributed by atoms with Gasteiger partial charge in [0.15, 0.2) is 4.34 Å². The molecule has 2 fully saturated rings. The van der Waals surface area contributed by atoms with Crippen LogP contribution >= 0.6 is 23.1 Å². The first kappa shape index (κ1) is 18.0. The van der Waals surface area contributed by atoms with E-state index in [0.717, 1.165) is 29.4 Å². The van der Waals surface area contributed by atoms with Crippen molar-refractivity contribution in [1.82, 2.24) is 15.2 Å². The van der Waals surface area contributed by atoms with Gasteiger partial charge in [-0.3, -0.25) is 4.79 Å². The van der Waals surface area contributed by atoms with Crippen LogP contribution in [0.2, 0.25) is 0 Å². The van der Waals surface area contributed by atoms with Crippen LogP contribution in [0.1, 0.15) is 38.4 Å². The lowest BCUT2D eigenvalue weighted by Crippen LogP contribution is -2.63. The number of rotatable bonds is 5. The number of nitrogens with zero attached hydrogens (tertiary/aromatic N) is 2. The highest BCUT2D eigenvalue weighted by Gasteiger charge is 2.60. The number of fused-ring (bicyclic) bond motifs is 1. The molecule has 0 aromatic carbocycles. The van der Waals surface area contributed by atoms with Crippen molar-refractivity contribution in [2.45, 2.75) is 49.2 Å². The van der Waals surface area contributed by atoms with Crippen molar-refractivity contribution >= 4 is 35.0 Å². The van der Waals surface area contributed by atoms with E-state index in [9.17, 15) is 19.8 Å². The predicted octanol–water partition coefficient (Wildman–Crippen LogP) is 1.81. The summed E-state index contributed by atoms with van der Waals surface area (Å²) in [5.74, 6) is -2.08. The van der Waals surface area contributed by atoms with E-state index in [1.54, 1.807) is 6.92 Å². The maximum atomic E-state index is 12.4. The molecule has 1 amide bonds. The van der Waals surface area contributed by atoms with Crippen LogP contribution in [0.5, 0.6) is 0 Å². The van der Waals surface area contributed by atoms with Crippen LogP contribution in [0.3, 0.4) is 0 Å². The minimum Gasteiger partial charge on any atom is -0.477 e. The van der Waals surface area contributed by atoms with Gasteiger partial charge in [0.05, 0.1) is 29.8 Å². The maximum Gasteiger partial charge on any atom is 0.353 e. The topological polar surface area (TPSA) is 103 Å². The molecule has 0 radical (unpaired) electrons. The number of carbonyl (C=O) groups is 2. The SMILES string of the molecule is C[C@H](O)[C@H]1C(=O)N2C(C(=O)O)=C(Sc3nc([C@@H]4CCCN4)cs3)[C@H](C)[C@H]12. The molecule has 7 nitrogen and oxygen atoms in total. The highest BCUT2D eigenvalue weighted by molar-refractivity contribution is 8.04. The molecule has 0 unspecified atom stereocenters. The first-order valence-corrected chi connectivity index (χ1v) is 10.4. The van der Waals surface area contributed by atoms with E-state index in [1.807, 2.05) is 12.3 Å². The molecule has 0 saturated carbocycles. The zero-order chi connectivity index (χ0) is 18.6. The molecule has 3 aliphatic rings. The molecule has 0 aliphatic carbocycles. The number of amides is 1. The van der Waals surface area contributed by atoms with Gasteiger partial charge in [-0.25, -0.2) is 9.78 Å². The second-order valence-corrected chi connectivity index (χ2v) is 9.21. The molecule has 4 heterocycles. The van der Waals surface area contributed by atoms with Crippen LogP contribution in [0.25, 0.3) is 0 Å². The molecule has 0 spiro atoms. The molecular weight excluding hydrogens is 374 g/mol. The monoisotopic (exact) mass is 395 g/mol. The average Bonchev–Trinajstić information content (AvgIpc) is 3.28. The summed E-state index contributed by atoms with van der Waals surface area (Å²) in [6.45, 7) is 4.50. The fraction of sp³-hybridized carbons (Fsp3) is 0.588. The molecule has 3 aliphatic heterocycles. The molecule has 4 rings (SSSR count). The number of nitrogens with one attached hydrogen (secondary N) is 1. The molecule has 3 N–H and O–H groups in total. The van der Waals surface area contributed by atoms with Gasteiger partial charge in [0.2, 0.25) is 5.91 Å². The lowest BCUT2D eigenvalue weighted by molar-refractivity contribution is -0.163. The van der Waals surface area contributed by atoms with E-state index in [1.165, 1.54) is 28.0 Å². The predicted molar refractivity (Wildman–Crippen MR) is 97.6 cm³/mol. The standard InChI is InChI=1S/C17H21N3O4S2/c1-7-12-11(8(2)21)15(22)20(12)13(16(23)24)14(7)26-17-19-10(6-25-17)9-4-3-5-18-9/h6-9,11-12,18,21H,3-5H2,1-2H3,(H,23,24)/t7-,8+,9+,11-,12-/m1/s1. The number of hydrogen-bond donors (Lipinski definition) is 3. The fourth-order valence-corrected chi connectivity index (χ4v) is 6.31. The first-order chi connectivity index (χ1) is 12.4. The zero-order valence-electron chi connectivity index (χ0n) is 14.5. The highest BCUT2D eigenvalue weighted by atomic mass is 32.2. The minimum absolute atomic E-state index is 0.0464. The molecule has 9 heteroatoms. The van der Waals surface area contributed by atoms with E-state index in [2.05, 4.69) is 10.3 Å². The molecule has 0 bridgehead atoms. The van der Waals surface area contributed by atoms with Gasteiger partial charge in [-0.05, 0) is 26.3 Å². The van der Waals surface area contributed by atoms with Gasteiger partial charge >= 0.3 is 5.97 Å². The lowest BCUT2D eigenvalue weighted by atomic mass is 9.79. The molecule has 140 valence electrons. The van der Waals surface area contributed by atoms with Crippen molar-refractivity contribution < 1.29 is 19.8 Å². The maximum absolute atomic E-state index is 12.4. The largest absolute Gasteiger partial charge is 0.477 e. The van der Waals surface area contributed by atoms with Crippen molar-refractivity contribution in [3.8, 4) is 0 Å². The number of thioether (sulfide) groups is 1. The van der Waals surface area contributed by atoms with E-state index in [-0.39, 0.29) is 29.6 Å². The second kappa shape index (κ2) is 6.63. The third-order valence-electron chi connectivity index (χ3n) is 5.43. The van der Waals surface area contributed by atoms with Crippen LogP contribution in [0.4, 0.5) is 0 Å². The number of carbonyl (C=O) groups excluding carboxylic acids is 1. The normalized spacial score (nSPS) is 32.0. The summed E-state index contributed by atoms with van der Waals surface area (Å²) < 4.78 is 0.790. The minimum atomic E-state index is -1.10. The second-order valence-electron chi connectivity index (χ2n) is 7.06. The molecule has 2 saturated heterocycles. The van der Waals surface area contributed by atoms with E-state index < -0.39 is 18.0 Å². The molecule has 1 aromatic rings. The van der Waals surface area contributed by atoms with Gasteiger partial charge < -0.3 is 20.4 Å². The number of aliphatic hydroxyl groups is 1. The number of carboxylic acids is 1. The van der Waals surface area contributed by atoms with Crippen LogP contribution in [-0.4, -0.2) is 50.7 Å². The Kier molecular flexibility index (Phi) is 4.58. The third-order valence-corrected chi connectivity index (χ3v) is 7.67. The summed E-state index contributed by atoms with van der Waals surface area (Å²) in [5.41, 5.74) is 1.05. The van der Waals surface area contributed by atoms with Crippen molar-refractivity contribution in [2.75, 3.05) is 6.54 Å². The Labute approximate surface area is 159 Å². The average molecular weight is 396 g/mol. The summed E-state index contributed by atoms with van der Waals surface area (Å²) in [6.07, 6.45) is 1.41. The molecule has 26 heavy (non-hydrogen) atoms. The first-order valence-electron chi connectivity index (χ1n) is 8.75. The Morgan fingerprint density at radius 1 is 1.54 bits per heavy atom. The number of β-lactam (4-membered cyclic amide) rings is 1. The molecule has 1 aromatic heterocycles. The highest BCUT2D eigenvalue weighted by Crippen LogP contribution is 2.52. The number of aliphatic hydroxyl groups excluding tert-OH is 1. The van der Waals surface area contributed by atoms with Gasteiger partial charge in [0.1, 0.15) is 5.70 Å². The van der Waals surface area contributed by atoms with Gasteiger partial charge in [-0.15, -0.1) is 11.3 Å². The van der Waals surface area contributed by atoms with Gasteiger partial charge in [0.25, 0.3) is 0 Å². The number of carboxylic acid groups (broad SMARTS) is 1. The Balaban J connectivity index is 1.61. The van der Waals surface area contributed by atoms with E-state index in [0.29, 0.717) is 4.91 Å². The molecule has 5 atom stereocenters. The van der Waals surface area contributed by atoms with Gasteiger partial charge in [-0.1, -0.05) is 18.7 Å². The third kappa shape index (κ3) is 2.69. The Hall–Kier alpha value is -1.42. The number of aliphatic carboxylic acids is 1. The summed E-state index contributed by atoms with van der Waals surface area (Å²) in [5, 5.41) is 25.0. The summed E-state index contributed by atoms with van der Waals surface area (Å²) >= 11 is 2.84. The van der Waals surface area contributed by atoms with Crippen molar-refractivity contribution in [3.05, 3.63) is 21.7 Å². The Morgan fingerprint density at radius 3 is 2.92 bits per heavy atom. The summed E-state index contributed by atoms with van der Waals surface area (Å²) in [6, 6.07) is -0.0114. The Bertz CT molecular complexity index is 785. The van der Waals surface area contributed by atoms with Crippen LogP contribution in [0, 0.1) is 11.8 Å². The van der Waals surface area contributed by atoms with Crippen LogP contribution < -0.4 is 5.32 Å². The van der Waals surface area contributed by atoms with Crippen molar-refractivity contribution in [2.24, 2.45) is 11.8 Å². The summed E-state index contributed by atoms with van der Waals surface area (Å²) in [4.78, 5) is 30.8. The quantitative estimate of drug-likeness (QED) is 0.654. The lowest BCUT2D eigenvalue weighted by Gasteiger charge is -2.46. The van der Waals surface area contributed by atoms with Crippen LogP contribution in [-0.2, 0) is 9.59 Å². The number of thiazole rings is 1. The smallest absolute Gasteiger partial charge is 0.353 e. The summed E-state index contributed by atoms with van der Waals surface area (Å²) in [7, 11) is 0. The fourth-order valence-electron chi connectivity index (χ4n) is 4.16.